The average molecular weight is 303 g/mol. The van der Waals surface area contributed by atoms with Gasteiger partial charge in [0.05, 0.1) is 12.7 Å². The van der Waals surface area contributed by atoms with Crippen LogP contribution < -0.4 is 4.74 Å². The minimum absolute atomic E-state index is 0.522. The van der Waals surface area contributed by atoms with E-state index in [1.807, 2.05) is 36.4 Å². The molecule has 110 valence electrons. The van der Waals surface area contributed by atoms with Crippen LogP contribution in [0.3, 0.4) is 0 Å². The van der Waals surface area contributed by atoms with E-state index >= 15 is 0 Å². The van der Waals surface area contributed by atoms with Crippen molar-refractivity contribution in [2.75, 3.05) is 7.11 Å². The molecule has 0 saturated heterocycles. The Balaban J connectivity index is 2.00. The van der Waals surface area contributed by atoms with Gasteiger partial charge in [-0.1, -0.05) is 35.9 Å². The monoisotopic (exact) mass is 302 g/mol. The van der Waals surface area contributed by atoms with Crippen molar-refractivity contribution in [3.63, 3.8) is 0 Å². The summed E-state index contributed by atoms with van der Waals surface area (Å²) in [5, 5.41) is 11.9. The molecule has 0 radical (unpaired) electrons. The molecule has 1 atom stereocenters. The maximum atomic E-state index is 11.2. The maximum absolute atomic E-state index is 11.2. The van der Waals surface area contributed by atoms with E-state index in [-0.39, 0.29) is 0 Å². The molecule has 0 spiro atoms. The first kappa shape index (κ1) is 14.4. The van der Waals surface area contributed by atoms with Crippen LogP contribution in [0.25, 0.3) is 0 Å². The van der Waals surface area contributed by atoms with Crippen molar-refractivity contribution in [3.8, 4) is 5.75 Å². The summed E-state index contributed by atoms with van der Waals surface area (Å²) in [5.41, 5.74) is 2.39. The molecule has 0 aromatic heterocycles. The van der Waals surface area contributed by atoms with E-state index in [1.54, 1.807) is 7.11 Å². The number of benzene rings is 2. The lowest BCUT2D eigenvalue weighted by molar-refractivity contribution is 0.0185. The number of ether oxygens (including phenoxy) is 1. The third-order valence-electron chi connectivity index (χ3n) is 4.28. The summed E-state index contributed by atoms with van der Waals surface area (Å²) in [6, 6.07) is 13.7. The summed E-state index contributed by atoms with van der Waals surface area (Å²) in [6.07, 6.45) is 3.31. The zero-order chi connectivity index (χ0) is 14.9. The fourth-order valence-electron chi connectivity index (χ4n) is 3.28. The number of methoxy groups -OCH3 is 1. The normalized spacial score (nSPS) is 20.9. The molecule has 1 aliphatic rings. The van der Waals surface area contributed by atoms with Gasteiger partial charge in [-0.25, -0.2) is 0 Å². The zero-order valence-electron chi connectivity index (χ0n) is 12.1. The van der Waals surface area contributed by atoms with Gasteiger partial charge in [0.15, 0.2) is 0 Å². The van der Waals surface area contributed by atoms with Crippen LogP contribution in [-0.2, 0) is 18.4 Å². The molecule has 0 heterocycles. The minimum Gasteiger partial charge on any atom is -0.496 e. The summed E-state index contributed by atoms with van der Waals surface area (Å²) in [6.45, 7) is 0. The summed E-state index contributed by atoms with van der Waals surface area (Å²) in [5.74, 6) is 0.774. The molecule has 21 heavy (non-hydrogen) atoms. The molecular formula is C18H19ClO2. The topological polar surface area (TPSA) is 29.5 Å². The second-order valence-corrected chi connectivity index (χ2v) is 6.11. The molecule has 1 unspecified atom stereocenters. The van der Waals surface area contributed by atoms with Crippen molar-refractivity contribution >= 4 is 11.6 Å². The standard InChI is InChI=1S/C18H19ClO2/c1-21-17-9-8-15(19)11-14(17)12-18(20)10-4-6-13-5-2-3-7-16(13)18/h2-3,5,7-9,11,20H,4,6,10,12H2,1H3. The van der Waals surface area contributed by atoms with Crippen LogP contribution in [0.15, 0.2) is 42.5 Å². The molecule has 1 N–H and O–H groups in total. The Morgan fingerprint density at radius 3 is 2.86 bits per heavy atom. The number of hydrogen-bond acceptors (Lipinski definition) is 2. The molecular weight excluding hydrogens is 284 g/mol. The van der Waals surface area contributed by atoms with Crippen molar-refractivity contribution in [1.82, 2.24) is 0 Å². The van der Waals surface area contributed by atoms with Crippen LogP contribution in [0.1, 0.15) is 29.5 Å². The maximum Gasteiger partial charge on any atom is 0.122 e. The molecule has 2 aromatic rings. The number of hydrogen-bond donors (Lipinski definition) is 1. The molecule has 0 fully saturated rings. The van der Waals surface area contributed by atoms with E-state index in [2.05, 4.69) is 6.07 Å². The molecule has 3 rings (SSSR count). The van der Waals surface area contributed by atoms with Gasteiger partial charge in [-0.15, -0.1) is 0 Å². The van der Waals surface area contributed by atoms with Crippen molar-refractivity contribution < 1.29 is 9.84 Å². The van der Waals surface area contributed by atoms with Gasteiger partial charge in [0.25, 0.3) is 0 Å². The highest BCUT2D eigenvalue weighted by Gasteiger charge is 2.35. The van der Waals surface area contributed by atoms with Crippen molar-refractivity contribution in [1.29, 1.82) is 0 Å². The second-order valence-electron chi connectivity index (χ2n) is 5.68. The Hall–Kier alpha value is -1.51. The molecule has 0 saturated carbocycles. The lowest BCUT2D eigenvalue weighted by atomic mass is 9.76. The van der Waals surface area contributed by atoms with Crippen LogP contribution in [0.4, 0.5) is 0 Å². The largest absolute Gasteiger partial charge is 0.496 e. The van der Waals surface area contributed by atoms with Gasteiger partial charge in [0, 0.05) is 11.4 Å². The van der Waals surface area contributed by atoms with Gasteiger partial charge < -0.3 is 9.84 Å². The fourth-order valence-corrected chi connectivity index (χ4v) is 3.48. The summed E-state index contributed by atoms with van der Waals surface area (Å²) >= 11 is 6.10. The van der Waals surface area contributed by atoms with Gasteiger partial charge in [-0.05, 0) is 54.2 Å². The third-order valence-corrected chi connectivity index (χ3v) is 4.52. The Labute approximate surface area is 130 Å². The van der Waals surface area contributed by atoms with Crippen LogP contribution in [0.2, 0.25) is 5.02 Å². The van der Waals surface area contributed by atoms with Gasteiger partial charge in [0.1, 0.15) is 5.75 Å². The fraction of sp³-hybridized carbons (Fsp3) is 0.333. The first-order valence-electron chi connectivity index (χ1n) is 7.25. The highest BCUT2D eigenvalue weighted by molar-refractivity contribution is 6.30. The smallest absolute Gasteiger partial charge is 0.122 e. The van der Waals surface area contributed by atoms with E-state index < -0.39 is 5.60 Å². The van der Waals surface area contributed by atoms with Gasteiger partial charge in [0.2, 0.25) is 0 Å². The van der Waals surface area contributed by atoms with Gasteiger partial charge in [-0.3, -0.25) is 0 Å². The Morgan fingerprint density at radius 1 is 1.24 bits per heavy atom. The minimum atomic E-state index is -0.840. The number of halogens is 1. The molecule has 2 nitrogen and oxygen atoms in total. The number of rotatable bonds is 3. The van der Waals surface area contributed by atoms with Crippen molar-refractivity contribution in [2.24, 2.45) is 0 Å². The Kier molecular flexibility index (Phi) is 3.92. The molecule has 0 amide bonds. The highest BCUT2D eigenvalue weighted by Crippen LogP contribution is 2.39. The first-order valence-corrected chi connectivity index (χ1v) is 7.63. The lowest BCUT2D eigenvalue weighted by Crippen LogP contribution is -2.33. The molecule has 1 aliphatic carbocycles. The SMILES string of the molecule is COc1ccc(Cl)cc1CC1(O)CCCc2ccccc21. The summed E-state index contributed by atoms with van der Waals surface area (Å²) < 4.78 is 5.41. The van der Waals surface area contributed by atoms with Gasteiger partial charge in [-0.2, -0.15) is 0 Å². The highest BCUT2D eigenvalue weighted by atomic mass is 35.5. The van der Waals surface area contributed by atoms with E-state index in [1.165, 1.54) is 5.56 Å². The van der Waals surface area contributed by atoms with Crippen LogP contribution in [0.5, 0.6) is 5.75 Å². The van der Waals surface area contributed by atoms with E-state index in [0.29, 0.717) is 11.4 Å². The summed E-state index contributed by atoms with van der Waals surface area (Å²) in [4.78, 5) is 0. The number of aryl methyl sites for hydroxylation is 1. The quantitative estimate of drug-likeness (QED) is 0.924. The van der Waals surface area contributed by atoms with Crippen molar-refractivity contribution in [2.45, 2.75) is 31.3 Å². The lowest BCUT2D eigenvalue weighted by Gasteiger charge is -2.35. The van der Waals surface area contributed by atoms with Crippen LogP contribution in [0, 0.1) is 0 Å². The molecule has 0 aliphatic heterocycles. The Morgan fingerprint density at radius 2 is 2.05 bits per heavy atom. The molecule has 2 aromatic carbocycles. The third kappa shape index (κ3) is 2.78. The number of aliphatic hydroxyl groups is 1. The number of fused-ring (bicyclic) bond motifs is 1. The van der Waals surface area contributed by atoms with E-state index in [9.17, 15) is 5.11 Å². The van der Waals surface area contributed by atoms with Crippen LogP contribution in [-0.4, -0.2) is 12.2 Å². The van der Waals surface area contributed by atoms with Crippen molar-refractivity contribution in [3.05, 3.63) is 64.2 Å². The molecule has 0 bridgehead atoms. The van der Waals surface area contributed by atoms with Gasteiger partial charge >= 0.3 is 0 Å². The first-order chi connectivity index (χ1) is 10.1. The summed E-state index contributed by atoms with van der Waals surface area (Å²) in [7, 11) is 1.64. The predicted molar refractivity (Wildman–Crippen MR) is 85.0 cm³/mol. The average Bonchev–Trinajstić information content (AvgIpc) is 2.48. The molecule has 3 heteroatoms. The predicted octanol–water partition coefficient (Wildman–Crippen LogP) is 4.12. The van der Waals surface area contributed by atoms with Crippen LogP contribution >= 0.6 is 11.6 Å². The second kappa shape index (κ2) is 5.70. The van der Waals surface area contributed by atoms with E-state index in [0.717, 1.165) is 36.1 Å². The Bertz CT molecular complexity index is 653. The zero-order valence-corrected chi connectivity index (χ0v) is 12.9. The van der Waals surface area contributed by atoms with E-state index in [4.69, 9.17) is 16.3 Å².